The normalized spacial score (nSPS) is 14.9. The first-order valence-corrected chi connectivity index (χ1v) is 7.95. The van der Waals surface area contributed by atoms with Crippen molar-refractivity contribution in [2.24, 2.45) is 5.73 Å². The zero-order valence-corrected chi connectivity index (χ0v) is 11.9. The third-order valence-corrected chi connectivity index (χ3v) is 5.00. The van der Waals surface area contributed by atoms with Crippen molar-refractivity contribution in [1.82, 2.24) is 4.31 Å². The van der Waals surface area contributed by atoms with Crippen LogP contribution in [0.3, 0.4) is 0 Å². The van der Waals surface area contributed by atoms with Crippen molar-refractivity contribution in [2.45, 2.75) is 23.8 Å². The first-order chi connectivity index (χ1) is 9.59. The molecule has 20 heavy (non-hydrogen) atoms. The summed E-state index contributed by atoms with van der Waals surface area (Å²) in [7, 11) is -3.57. The first kappa shape index (κ1) is 15.0. The van der Waals surface area contributed by atoms with E-state index < -0.39 is 10.0 Å². The number of benzene rings is 1. The lowest BCUT2D eigenvalue weighted by atomic mass is 10.2. The Bertz CT molecular complexity index is 627. The van der Waals surface area contributed by atoms with Gasteiger partial charge in [-0.3, -0.25) is 0 Å². The van der Waals surface area contributed by atoms with Crippen molar-refractivity contribution in [3.05, 3.63) is 29.8 Å². The second-order valence-corrected chi connectivity index (χ2v) is 6.49. The van der Waals surface area contributed by atoms with Crippen LogP contribution >= 0.6 is 0 Å². The number of rotatable bonds is 5. The molecule has 1 aliphatic carbocycles. The second-order valence-electron chi connectivity index (χ2n) is 4.60. The molecule has 0 heterocycles. The van der Waals surface area contributed by atoms with E-state index in [2.05, 4.69) is 11.8 Å². The minimum atomic E-state index is -3.57. The lowest BCUT2D eigenvalue weighted by molar-refractivity contribution is 0.250. The number of aliphatic hydroxyl groups is 1. The topological polar surface area (TPSA) is 83.6 Å². The average Bonchev–Trinajstić information content (AvgIpc) is 3.27. The molecule has 0 amide bonds. The summed E-state index contributed by atoms with van der Waals surface area (Å²) in [6.45, 7) is 0.184. The Labute approximate surface area is 119 Å². The van der Waals surface area contributed by atoms with Gasteiger partial charge >= 0.3 is 0 Å². The zero-order chi connectivity index (χ0) is 14.6. The number of nitrogens with zero attached hydrogens (tertiary/aromatic N) is 1. The van der Waals surface area contributed by atoms with Gasteiger partial charge in [-0.2, -0.15) is 4.31 Å². The summed E-state index contributed by atoms with van der Waals surface area (Å²) in [5.74, 6) is 5.53. The van der Waals surface area contributed by atoms with E-state index in [1.165, 1.54) is 4.31 Å². The van der Waals surface area contributed by atoms with Crippen molar-refractivity contribution in [2.75, 3.05) is 19.7 Å². The van der Waals surface area contributed by atoms with Crippen LogP contribution in [0.1, 0.15) is 18.4 Å². The highest BCUT2D eigenvalue weighted by molar-refractivity contribution is 7.89. The van der Waals surface area contributed by atoms with Gasteiger partial charge < -0.3 is 10.8 Å². The molecule has 0 bridgehead atoms. The van der Waals surface area contributed by atoms with Gasteiger partial charge in [0.05, 0.1) is 18.0 Å². The van der Waals surface area contributed by atoms with Gasteiger partial charge in [-0.05, 0) is 31.0 Å². The molecule has 0 aliphatic heterocycles. The molecule has 2 rings (SSSR count). The highest BCUT2D eigenvalue weighted by Crippen LogP contribution is 2.31. The van der Waals surface area contributed by atoms with Gasteiger partial charge in [-0.15, -0.1) is 0 Å². The smallest absolute Gasteiger partial charge is 0.243 e. The van der Waals surface area contributed by atoms with Crippen molar-refractivity contribution in [3.63, 3.8) is 0 Å². The number of hydrogen-bond donors (Lipinski definition) is 2. The molecule has 1 aromatic carbocycles. The predicted octanol–water partition coefficient (Wildman–Crippen LogP) is 0.142. The van der Waals surface area contributed by atoms with Gasteiger partial charge in [0.25, 0.3) is 0 Å². The third kappa shape index (κ3) is 3.38. The largest absolute Gasteiger partial charge is 0.395 e. The van der Waals surface area contributed by atoms with Crippen LogP contribution in [-0.2, 0) is 10.0 Å². The molecular formula is C14H18N2O3S. The van der Waals surface area contributed by atoms with Crippen LogP contribution in [-0.4, -0.2) is 43.6 Å². The number of nitrogens with two attached hydrogens (primary N) is 1. The van der Waals surface area contributed by atoms with Gasteiger partial charge in [-0.1, -0.05) is 17.9 Å². The van der Waals surface area contributed by atoms with Crippen molar-refractivity contribution >= 4 is 10.0 Å². The van der Waals surface area contributed by atoms with Crippen LogP contribution in [0.15, 0.2) is 29.2 Å². The fraction of sp³-hybridized carbons (Fsp3) is 0.429. The molecule has 1 aliphatic rings. The van der Waals surface area contributed by atoms with E-state index in [9.17, 15) is 8.42 Å². The van der Waals surface area contributed by atoms with Crippen LogP contribution in [0.4, 0.5) is 0 Å². The SMILES string of the molecule is NCC#Cc1cccc(S(=O)(=O)N(CCO)C2CC2)c1. The molecule has 0 spiro atoms. The van der Waals surface area contributed by atoms with Crippen LogP contribution in [0.2, 0.25) is 0 Å². The maximum absolute atomic E-state index is 12.6. The van der Waals surface area contributed by atoms with Crippen molar-refractivity contribution < 1.29 is 13.5 Å². The summed E-state index contributed by atoms with van der Waals surface area (Å²) in [5.41, 5.74) is 5.93. The van der Waals surface area contributed by atoms with E-state index in [4.69, 9.17) is 10.8 Å². The van der Waals surface area contributed by atoms with Crippen LogP contribution < -0.4 is 5.73 Å². The molecule has 1 saturated carbocycles. The van der Waals surface area contributed by atoms with Crippen LogP contribution in [0.5, 0.6) is 0 Å². The first-order valence-electron chi connectivity index (χ1n) is 6.51. The molecule has 0 radical (unpaired) electrons. The molecule has 3 N–H and O–H groups in total. The monoisotopic (exact) mass is 294 g/mol. The molecule has 0 unspecified atom stereocenters. The lowest BCUT2D eigenvalue weighted by Gasteiger charge is -2.20. The summed E-state index contributed by atoms with van der Waals surface area (Å²) >= 11 is 0. The molecule has 0 saturated heterocycles. The number of hydrogen-bond acceptors (Lipinski definition) is 4. The van der Waals surface area contributed by atoms with Gasteiger partial charge in [0.1, 0.15) is 0 Å². The Kier molecular flexibility index (Phi) is 4.78. The van der Waals surface area contributed by atoms with E-state index in [1.54, 1.807) is 24.3 Å². The average molecular weight is 294 g/mol. The minimum absolute atomic E-state index is 0.0194. The Morgan fingerprint density at radius 3 is 2.75 bits per heavy atom. The molecule has 108 valence electrons. The summed E-state index contributed by atoms with van der Waals surface area (Å²) in [5, 5.41) is 9.05. The number of aliphatic hydroxyl groups excluding tert-OH is 1. The summed E-state index contributed by atoms with van der Waals surface area (Å²) < 4.78 is 26.5. The molecule has 6 heteroatoms. The highest BCUT2D eigenvalue weighted by Gasteiger charge is 2.37. The van der Waals surface area contributed by atoms with E-state index in [0.717, 1.165) is 12.8 Å². The van der Waals surface area contributed by atoms with Crippen molar-refractivity contribution in [3.8, 4) is 11.8 Å². The number of sulfonamides is 1. The predicted molar refractivity (Wildman–Crippen MR) is 76.4 cm³/mol. The maximum Gasteiger partial charge on any atom is 0.243 e. The Morgan fingerprint density at radius 2 is 2.15 bits per heavy atom. The molecular weight excluding hydrogens is 276 g/mol. The molecule has 1 aromatic rings. The lowest BCUT2D eigenvalue weighted by Crippen LogP contribution is -2.35. The Morgan fingerprint density at radius 1 is 1.40 bits per heavy atom. The van der Waals surface area contributed by atoms with Gasteiger partial charge in [0.15, 0.2) is 0 Å². The standard InChI is InChI=1S/C14H18N2O3S/c15-8-2-4-12-3-1-5-14(11-12)20(18,19)16(9-10-17)13-6-7-13/h1,3,5,11,13,17H,6-10,15H2. The molecule has 0 aromatic heterocycles. The second kappa shape index (κ2) is 6.37. The fourth-order valence-corrected chi connectivity index (χ4v) is 3.71. The van der Waals surface area contributed by atoms with Crippen LogP contribution in [0.25, 0.3) is 0 Å². The Balaban J connectivity index is 2.32. The van der Waals surface area contributed by atoms with E-state index >= 15 is 0 Å². The van der Waals surface area contributed by atoms with E-state index in [-0.39, 0.29) is 30.6 Å². The summed E-state index contributed by atoms with van der Waals surface area (Å²) in [6, 6.07) is 6.53. The van der Waals surface area contributed by atoms with Crippen molar-refractivity contribution in [1.29, 1.82) is 0 Å². The highest BCUT2D eigenvalue weighted by atomic mass is 32.2. The van der Waals surface area contributed by atoms with Crippen LogP contribution in [0, 0.1) is 11.8 Å². The van der Waals surface area contributed by atoms with Gasteiger partial charge in [0.2, 0.25) is 10.0 Å². The summed E-state index contributed by atoms with van der Waals surface area (Å²) in [6.07, 6.45) is 1.71. The van der Waals surface area contributed by atoms with E-state index in [0.29, 0.717) is 5.56 Å². The minimum Gasteiger partial charge on any atom is -0.395 e. The fourth-order valence-electron chi connectivity index (χ4n) is 1.98. The molecule has 5 nitrogen and oxygen atoms in total. The Hall–Kier alpha value is -1.39. The maximum atomic E-state index is 12.6. The molecule has 1 fully saturated rings. The quantitative estimate of drug-likeness (QED) is 0.757. The third-order valence-electron chi connectivity index (χ3n) is 3.05. The van der Waals surface area contributed by atoms with Gasteiger partial charge in [-0.25, -0.2) is 8.42 Å². The molecule has 0 atom stereocenters. The van der Waals surface area contributed by atoms with E-state index in [1.807, 2.05) is 0 Å². The zero-order valence-electron chi connectivity index (χ0n) is 11.1. The summed E-state index contributed by atoms with van der Waals surface area (Å²) in [4.78, 5) is 0.210. The van der Waals surface area contributed by atoms with Gasteiger partial charge in [0, 0.05) is 18.2 Å².